The molecule has 1 N–H and O–H groups in total. The van der Waals surface area contributed by atoms with Crippen LogP contribution in [-0.4, -0.2) is 34.8 Å². The van der Waals surface area contributed by atoms with Gasteiger partial charge in [0, 0.05) is 31.0 Å². The van der Waals surface area contributed by atoms with Crippen LogP contribution < -0.4 is 0 Å². The molecule has 1 aliphatic rings. The summed E-state index contributed by atoms with van der Waals surface area (Å²) in [6.07, 6.45) is 1.33. The van der Waals surface area contributed by atoms with Crippen LogP contribution in [0.15, 0.2) is 23.4 Å². The number of piperidine rings is 1. The minimum Gasteiger partial charge on any atom is -0.411 e. The largest absolute Gasteiger partial charge is 0.411 e. The molecule has 0 bridgehead atoms. The number of oxime groups is 1. The molecule has 6 heteroatoms. The minimum atomic E-state index is -0.598. The lowest BCUT2D eigenvalue weighted by atomic mass is 9.93. The first-order valence-corrected chi connectivity index (χ1v) is 6.89. The minimum absolute atomic E-state index is 0.00123. The van der Waals surface area contributed by atoms with Crippen molar-refractivity contribution < 1.29 is 14.4 Å². The highest BCUT2D eigenvalue weighted by Gasteiger charge is 2.28. The molecular weight excluding hydrogens is 283 g/mol. The molecule has 1 aliphatic heterocycles. The van der Waals surface area contributed by atoms with E-state index in [0.29, 0.717) is 19.5 Å². The van der Waals surface area contributed by atoms with Gasteiger partial charge in [0.15, 0.2) is 0 Å². The number of halogens is 2. The van der Waals surface area contributed by atoms with Gasteiger partial charge in [-0.15, -0.1) is 0 Å². The van der Waals surface area contributed by atoms with E-state index in [-0.39, 0.29) is 22.4 Å². The summed E-state index contributed by atoms with van der Waals surface area (Å²) in [5, 5.41) is 12.2. The quantitative estimate of drug-likeness (QED) is 0.673. The Balaban J connectivity index is 2.15. The van der Waals surface area contributed by atoms with Gasteiger partial charge in [-0.05, 0) is 24.6 Å². The van der Waals surface area contributed by atoms with Gasteiger partial charge in [0.25, 0.3) is 5.91 Å². The molecule has 1 saturated heterocycles. The number of carbonyl (C=O) groups is 1. The molecule has 1 aromatic rings. The van der Waals surface area contributed by atoms with E-state index in [2.05, 4.69) is 5.16 Å². The molecule has 1 heterocycles. The Bertz CT molecular complexity index is 548. The molecule has 0 saturated carbocycles. The lowest BCUT2D eigenvalue weighted by Crippen LogP contribution is -2.44. The first-order chi connectivity index (χ1) is 9.56. The van der Waals surface area contributed by atoms with Gasteiger partial charge in [0.05, 0.1) is 10.7 Å². The summed E-state index contributed by atoms with van der Waals surface area (Å²) in [5.74, 6) is -0.773. The number of nitrogens with zero attached hydrogens (tertiary/aromatic N) is 2. The highest BCUT2D eigenvalue weighted by atomic mass is 35.5. The summed E-state index contributed by atoms with van der Waals surface area (Å²) in [7, 11) is 0. The van der Waals surface area contributed by atoms with Crippen LogP contribution in [0.3, 0.4) is 0 Å². The van der Waals surface area contributed by atoms with Crippen molar-refractivity contribution >= 4 is 23.2 Å². The second kappa shape index (κ2) is 6.22. The smallest absolute Gasteiger partial charge is 0.253 e. The molecule has 0 aliphatic carbocycles. The van der Waals surface area contributed by atoms with E-state index in [0.717, 1.165) is 18.2 Å². The highest BCUT2D eigenvalue weighted by Crippen LogP contribution is 2.21. The molecule has 0 aromatic heterocycles. The second-order valence-electron chi connectivity index (χ2n) is 4.83. The summed E-state index contributed by atoms with van der Waals surface area (Å²) >= 11 is 5.61. The Kier molecular flexibility index (Phi) is 4.60. The molecule has 1 fully saturated rings. The standard InChI is InChI=1S/C14H16ClFN2O2/c1-2-9-8-18(6-5-13(9)17-20)14(19)10-3-4-11(15)12(16)7-10/h3-4,7,9,20H,2,5-6,8H2,1H3/b17-13+. The van der Waals surface area contributed by atoms with Gasteiger partial charge in [-0.1, -0.05) is 23.7 Å². The summed E-state index contributed by atoms with van der Waals surface area (Å²) in [5.41, 5.74) is 1.00. The van der Waals surface area contributed by atoms with Gasteiger partial charge in [0.2, 0.25) is 0 Å². The third-order valence-electron chi connectivity index (χ3n) is 3.62. The lowest BCUT2D eigenvalue weighted by Gasteiger charge is -2.32. The number of amides is 1. The first-order valence-electron chi connectivity index (χ1n) is 6.52. The third-order valence-corrected chi connectivity index (χ3v) is 3.93. The van der Waals surface area contributed by atoms with E-state index < -0.39 is 5.82 Å². The van der Waals surface area contributed by atoms with E-state index in [1.165, 1.54) is 12.1 Å². The molecule has 0 radical (unpaired) electrons. The summed E-state index contributed by atoms with van der Waals surface area (Å²) in [4.78, 5) is 14.0. The van der Waals surface area contributed by atoms with E-state index >= 15 is 0 Å². The molecule has 1 unspecified atom stereocenters. The van der Waals surface area contributed by atoms with Crippen molar-refractivity contribution in [2.45, 2.75) is 19.8 Å². The number of likely N-dealkylation sites (tertiary alicyclic amines) is 1. The Morgan fingerprint density at radius 1 is 1.60 bits per heavy atom. The second-order valence-corrected chi connectivity index (χ2v) is 5.23. The van der Waals surface area contributed by atoms with Crippen LogP contribution in [0.1, 0.15) is 30.1 Å². The molecule has 1 atom stereocenters. The highest BCUT2D eigenvalue weighted by molar-refractivity contribution is 6.30. The molecule has 2 rings (SSSR count). The number of hydrogen-bond donors (Lipinski definition) is 1. The number of hydrogen-bond acceptors (Lipinski definition) is 3. The molecular formula is C14H16ClFN2O2. The van der Waals surface area contributed by atoms with E-state index in [9.17, 15) is 9.18 Å². The van der Waals surface area contributed by atoms with Gasteiger partial charge >= 0.3 is 0 Å². The predicted molar refractivity (Wildman–Crippen MR) is 74.9 cm³/mol. The normalized spacial score (nSPS) is 21.2. The van der Waals surface area contributed by atoms with Crippen molar-refractivity contribution in [3.8, 4) is 0 Å². The van der Waals surface area contributed by atoms with Crippen LogP contribution >= 0.6 is 11.6 Å². The summed E-state index contributed by atoms with van der Waals surface area (Å²) in [6, 6.07) is 4.05. The van der Waals surface area contributed by atoms with Gasteiger partial charge in [-0.2, -0.15) is 0 Å². The Labute approximate surface area is 121 Å². The van der Waals surface area contributed by atoms with Crippen molar-refractivity contribution in [3.63, 3.8) is 0 Å². The fourth-order valence-corrected chi connectivity index (χ4v) is 2.53. The van der Waals surface area contributed by atoms with Gasteiger partial charge in [-0.25, -0.2) is 4.39 Å². The maximum Gasteiger partial charge on any atom is 0.253 e. The third kappa shape index (κ3) is 2.93. The molecule has 4 nitrogen and oxygen atoms in total. The molecule has 20 heavy (non-hydrogen) atoms. The van der Waals surface area contributed by atoms with Crippen molar-refractivity contribution in [2.24, 2.45) is 11.1 Å². The zero-order valence-electron chi connectivity index (χ0n) is 11.1. The number of rotatable bonds is 2. The van der Waals surface area contributed by atoms with Crippen LogP contribution in [0.4, 0.5) is 4.39 Å². The predicted octanol–water partition coefficient (Wildman–Crippen LogP) is 3.18. The molecule has 1 aromatic carbocycles. The maximum atomic E-state index is 13.4. The van der Waals surface area contributed by atoms with Gasteiger partial charge < -0.3 is 10.1 Å². The average molecular weight is 299 g/mol. The molecule has 1 amide bonds. The van der Waals surface area contributed by atoms with Crippen LogP contribution in [0.25, 0.3) is 0 Å². The topological polar surface area (TPSA) is 52.9 Å². The Morgan fingerprint density at radius 2 is 2.35 bits per heavy atom. The summed E-state index contributed by atoms with van der Waals surface area (Å²) < 4.78 is 13.4. The van der Waals surface area contributed by atoms with E-state index in [4.69, 9.17) is 16.8 Å². The molecule has 0 spiro atoms. The average Bonchev–Trinajstić information content (AvgIpc) is 2.48. The first kappa shape index (κ1) is 14.8. The van der Waals surface area contributed by atoms with Crippen LogP contribution in [-0.2, 0) is 0 Å². The summed E-state index contributed by atoms with van der Waals surface area (Å²) in [6.45, 7) is 2.93. The van der Waals surface area contributed by atoms with E-state index in [1.54, 1.807) is 4.90 Å². The monoisotopic (exact) mass is 298 g/mol. The van der Waals surface area contributed by atoms with Crippen molar-refractivity contribution in [2.75, 3.05) is 13.1 Å². The maximum absolute atomic E-state index is 13.4. The Hall–Kier alpha value is -1.62. The van der Waals surface area contributed by atoms with E-state index in [1.807, 2.05) is 6.92 Å². The number of benzene rings is 1. The number of carbonyl (C=O) groups excluding carboxylic acids is 1. The van der Waals surface area contributed by atoms with Crippen molar-refractivity contribution in [3.05, 3.63) is 34.6 Å². The fraction of sp³-hybridized carbons (Fsp3) is 0.429. The van der Waals surface area contributed by atoms with Crippen molar-refractivity contribution in [1.29, 1.82) is 0 Å². The fourth-order valence-electron chi connectivity index (χ4n) is 2.41. The van der Waals surface area contributed by atoms with Crippen molar-refractivity contribution in [1.82, 2.24) is 4.90 Å². The Morgan fingerprint density at radius 3 is 2.95 bits per heavy atom. The zero-order chi connectivity index (χ0) is 14.7. The van der Waals surface area contributed by atoms with Crippen LogP contribution in [0.2, 0.25) is 5.02 Å². The van der Waals surface area contributed by atoms with Gasteiger partial charge in [0.1, 0.15) is 5.82 Å². The van der Waals surface area contributed by atoms with Crippen LogP contribution in [0, 0.1) is 11.7 Å². The van der Waals surface area contributed by atoms with Crippen LogP contribution in [0.5, 0.6) is 0 Å². The van der Waals surface area contributed by atoms with Gasteiger partial charge in [-0.3, -0.25) is 4.79 Å². The lowest BCUT2D eigenvalue weighted by molar-refractivity contribution is 0.0728. The zero-order valence-corrected chi connectivity index (χ0v) is 11.9. The molecule has 108 valence electrons. The SMILES string of the molecule is CCC1CN(C(=O)c2ccc(Cl)c(F)c2)CC/C1=N\O.